The fourth-order valence-electron chi connectivity index (χ4n) is 3.80. The lowest BCUT2D eigenvalue weighted by molar-refractivity contribution is -0.135. The predicted molar refractivity (Wildman–Crippen MR) is 95.0 cm³/mol. The Balaban J connectivity index is 1.64. The van der Waals surface area contributed by atoms with Gasteiger partial charge in [-0.05, 0) is 56.2 Å². The molecule has 6 heteroatoms. The third-order valence-electron chi connectivity index (χ3n) is 5.39. The van der Waals surface area contributed by atoms with Crippen LogP contribution >= 0.6 is 0 Å². The number of nitrogens with zero attached hydrogens (tertiary/aromatic N) is 1. The maximum atomic E-state index is 12.8. The number of benzene rings is 1. The van der Waals surface area contributed by atoms with Crippen LogP contribution in [-0.4, -0.2) is 34.8 Å². The van der Waals surface area contributed by atoms with E-state index in [-0.39, 0.29) is 18.4 Å². The third kappa shape index (κ3) is 3.52. The molecule has 1 heterocycles. The minimum absolute atomic E-state index is 0.252. The van der Waals surface area contributed by atoms with Crippen molar-refractivity contribution in [2.75, 3.05) is 11.9 Å². The first-order chi connectivity index (χ1) is 11.9. The summed E-state index contributed by atoms with van der Waals surface area (Å²) < 4.78 is 0. The number of hydrogen-bond donors (Lipinski definition) is 2. The van der Waals surface area contributed by atoms with E-state index in [1.54, 1.807) is 6.07 Å². The molecule has 134 valence electrons. The van der Waals surface area contributed by atoms with E-state index >= 15 is 0 Å². The quantitative estimate of drug-likeness (QED) is 0.825. The third-order valence-corrected chi connectivity index (χ3v) is 5.39. The first kappa shape index (κ1) is 17.5. The molecule has 1 spiro atoms. The minimum Gasteiger partial charge on any atom is -0.325 e. The van der Waals surface area contributed by atoms with E-state index in [0.717, 1.165) is 29.7 Å². The summed E-state index contributed by atoms with van der Waals surface area (Å²) in [6.07, 6.45) is 4.29. The summed E-state index contributed by atoms with van der Waals surface area (Å²) in [5, 5.41) is 5.59. The second kappa shape index (κ2) is 6.86. The molecule has 1 aromatic rings. The van der Waals surface area contributed by atoms with Gasteiger partial charge >= 0.3 is 6.03 Å². The lowest BCUT2D eigenvalue weighted by atomic mass is 9.75. The highest BCUT2D eigenvalue weighted by Gasteiger charge is 2.52. The van der Waals surface area contributed by atoms with E-state index in [4.69, 9.17) is 0 Å². The lowest BCUT2D eigenvalue weighted by Crippen LogP contribution is -2.49. The number of urea groups is 1. The average Bonchev–Trinajstić information content (AvgIpc) is 2.80. The van der Waals surface area contributed by atoms with Gasteiger partial charge in [0.2, 0.25) is 5.91 Å². The van der Waals surface area contributed by atoms with Crippen molar-refractivity contribution >= 4 is 23.5 Å². The van der Waals surface area contributed by atoms with Gasteiger partial charge in [0.1, 0.15) is 12.1 Å². The molecule has 0 aromatic heterocycles. The smallest absolute Gasteiger partial charge is 0.325 e. The zero-order chi connectivity index (χ0) is 18.0. The molecule has 0 unspecified atom stereocenters. The molecular formula is C19H25N3O3. The molecule has 0 radical (unpaired) electrons. The van der Waals surface area contributed by atoms with Crippen molar-refractivity contribution in [1.29, 1.82) is 0 Å². The normalized spacial score (nSPS) is 26.0. The van der Waals surface area contributed by atoms with Crippen LogP contribution in [0.25, 0.3) is 0 Å². The summed E-state index contributed by atoms with van der Waals surface area (Å²) in [5.74, 6) is -0.00571. The topological polar surface area (TPSA) is 78.5 Å². The molecule has 6 nitrogen and oxygen atoms in total. The van der Waals surface area contributed by atoms with Gasteiger partial charge in [0, 0.05) is 5.69 Å². The summed E-state index contributed by atoms with van der Waals surface area (Å²) >= 11 is 0. The van der Waals surface area contributed by atoms with Crippen LogP contribution < -0.4 is 10.6 Å². The van der Waals surface area contributed by atoms with Gasteiger partial charge in [0.15, 0.2) is 0 Å². The van der Waals surface area contributed by atoms with Crippen LogP contribution in [0.2, 0.25) is 0 Å². The second-order valence-corrected chi connectivity index (χ2v) is 7.17. The highest BCUT2D eigenvalue weighted by molar-refractivity contribution is 6.10. The highest BCUT2D eigenvalue weighted by Crippen LogP contribution is 2.37. The second-order valence-electron chi connectivity index (χ2n) is 7.17. The van der Waals surface area contributed by atoms with Crippen LogP contribution in [0.3, 0.4) is 0 Å². The Bertz CT molecular complexity index is 693. The van der Waals surface area contributed by atoms with Gasteiger partial charge in [-0.25, -0.2) is 4.79 Å². The average molecular weight is 343 g/mol. The first-order valence-corrected chi connectivity index (χ1v) is 8.94. The zero-order valence-electron chi connectivity index (χ0n) is 14.8. The highest BCUT2D eigenvalue weighted by atomic mass is 16.2. The Morgan fingerprint density at radius 1 is 1.32 bits per heavy atom. The number of rotatable bonds is 4. The fourth-order valence-corrected chi connectivity index (χ4v) is 3.80. The van der Waals surface area contributed by atoms with Gasteiger partial charge in [-0.2, -0.15) is 0 Å². The van der Waals surface area contributed by atoms with E-state index in [9.17, 15) is 14.4 Å². The summed E-state index contributed by atoms with van der Waals surface area (Å²) in [4.78, 5) is 38.4. The van der Waals surface area contributed by atoms with Gasteiger partial charge in [-0.1, -0.05) is 25.5 Å². The Morgan fingerprint density at radius 2 is 2.04 bits per heavy atom. The number of carbonyl (C=O) groups is 3. The SMILES string of the molecule is CCC1CCC2(CC1)NC(=O)N(CC(=O)Nc1cccc(C)c1)C2=O. The lowest BCUT2D eigenvalue weighted by Gasteiger charge is -2.34. The van der Waals surface area contributed by atoms with Crippen molar-refractivity contribution in [1.82, 2.24) is 10.2 Å². The summed E-state index contributed by atoms with van der Waals surface area (Å²) in [7, 11) is 0. The number of amides is 4. The molecule has 2 N–H and O–H groups in total. The van der Waals surface area contributed by atoms with Crippen LogP contribution in [0.15, 0.2) is 24.3 Å². The van der Waals surface area contributed by atoms with Crippen molar-refractivity contribution in [3.8, 4) is 0 Å². The van der Waals surface area contributed by atoms with Crippen LogP contribution in [-0.2, 0) is 9.59 Å². The largest absolute Gasteiger partial charge is 0.325 e. The molecule has 1 saturated carbocycles. The number of nitrogens with one attached hydrogen (secondary N) is 2. The summed E-state index contributed by atoms with van der Waals surface area (Å²) in [5.41, 5.74) is 0.890. The molecule has 0 bridgehead atoms. The molecule has 2 fully saturated rings. The molecule has 25 heavy (non-hydrogen) atoms. The van der Waals surface area contributed by atoms with Crippen molar-refractivity contribution in [3.63, 3.8) is 0 Å². The fraction of sp³-hybridized carbons (Fsp3) is 0.526. The van der Waals surface area contributed by atoms with Crippen molar-refractivity contribution in [2.45, 2.75) is 51.5 Å². The van der Waals surface area contributed by atoms with E-state index < -0.39 is 11.6 Å². The molecule has 4 amide bonds. The number of carbonyl (C=O) groups excluding carboxylic acids is 3. The molecular weight excluding hydrogens is 318 g/mol. The molecule has 0 atom stereocenters. The molecule has 1 aliphatic carbocycles. The monoisotopic (exact) mass is 343 g/mol. The van der Waals surface area contributed by atoms with Gasteiger partial charge in [-0.15, -0.1) is 0 Å². The maximum absolute atomic E-state index is 12.8. The molecule has 1 saturated heterocycles. The summed E-state index contributed by atoms with van der Waals surface area (Å²) in [6, 6.07) is 6.95. The van der Waals surface area contributed by atoms with Crippen molar-refractivity contribution < 1.29 is 14.4 Å². The van der Waals surface area contributed by atoms with E-state index in [1.807, 2.05) is 25.1 Å². The predicted octanol–water partition coefficient (Wildman–Crippen LogP) is 2.82. The Kier molecular flexibility index (Phi) is 4.79. The van der Waals surface area contributed by atoms with E-state index in [0.29, 0.717) is 24.4 Å². The molecule has 3 rings (SSSR count). The van der Waals surface area contributed by atoms with Crippen LogP contribution in [0.1, 0.15) is 44.6 Å². The Labute approximate surface area is 148 Å². The zero-order valence-corrected chi connectivity index (χ0v) is 14.8. The van der Waals surface area contributed by atoms with Gasteiger partial charge in [0.25, 0.3) is 5.91 Å². The standard InChI is InChI=1S/C19H25N3O3/c1-3-14-7-9-19(10-8-14)17(24)22(18(25)21-19)12-16(23)20-15-6-4-5-13(2)11-15/h4-6,11,14H,3,7-10,12H2,1-2H3,(H,20,23)(H,21,25). The van der Waals surface area contributed by atoms with E-state index in [1.165, 1.54) is 0 Å². The Hall–Kier alpha value is -2.37. The Morgan fingerprint density at radius 3 is 2.68 bits per heavy atom. The number of imide groups is 1. The number of anilines is 1. The first-order valence-electron chi connectivity index (χ1n) is 8.94. The van der Waals surface area contributed by atoms with E-state index in [2.05, 4.69) is 17.6 Å². The van der Waals surface area contributed by atoms with Crippen molar-refractivity contribution in [2.24, 2.45) is 5.92 Å². The van der Waals surface area contributed by atoms with Crippen LogP contribution in [0.5, 0.6) is 0 Å². The number of hydrogen-bond acceptors (Lipinski definition) is 3. The molecule has 1 aliphatic heterocycles. The number of aryl methyl sites for hydroxylation is 1. The minimum atomic E-state index is -0.799. The van der Waals surface area contributed by atoms with Gasteiger partial charge in [0.05, 0.1) is 0 Å². The van der Waals surface area contributed by atoms with Crippen LogP contribution in [0, 0.1) is 12.8 Å². The van der Waals surface area contributed by atoms with Gasteiger partial charge in [-0.3, -0.25) is 14.5 Å². The van der Waals surface area contributed by atoms with Gasteiger partial charge < -0.3 is 10.6 Å². The van der Waals surface area contributed by atoms with Crippen molar-refractivity contribution in [3.05, 3.63) is 29.8 Å². The van der Waals surface area contributed by atoms with Crippen LogP contribution in [0.4, 0.5) is 10.5 Å². The summed E-state index contributed by atoms with van der Waals surface area (Å²) in [6.45, 7) is 3.83. The maximum Gasteiger partial charge on any atom is 0.325 e. The molecule has 2 aliphatic rings. The molecule has 1 aromatic carbocycles.